The summed E-state index contributed by atoms with van der Waals surface area (Å²) in [7, 11) is 4.35. The number of terminal acetylenes is 1. The van der Waals surface area contributed by atoms with Crippen molar-refractivity contribution in [3.63, 3.8) is 0 Å². The maximum Gasteiger partial charge on any atom is 0.0351 e. The van der Waals surface area contributed by atoms with Gasteiger partial charge in [0.15, 0.2) is 0 Å². The van der Waals surface area contributed by atoms with Crippen molar-refractivity contribution in [3.05, 3.63) is 0 Å². The van der Waals surface area contributed by atoms with Crippen molar-refractivity contribution in [3.8, 4) is 12.3 Å². The lowest BCUT2D eigenvalue weighted by Gasteiger charge is -2.45. The molecule has 0 aromatic rings. The lowest BCUT2D eigenvalue weighted by molar-refractivity contribution is 0.0855. The third-order valence-electron chi connectivity index (χ3n) is 3.79. The Kier molecular flexibility index (Phi) is 7.45. The fourth-order valence-electron chi connectivity index (χ4n) is 2.72. The number of nitrogens with one attached hydrogen (secondary N) is 1. The largest absolute Gasteiger partial charge is 0.312 e. The van der Waals surface area contributed by atoms with Gasteiger partial charge in [-0.3, -0.25) is 0 Å². The van der Waals surface area contributed by atoms with Crippen LogP contribution in [0.25, 0.3) is 0 Å². The maximum atomic E-state index is 5.38. The van der Waals surface area contributed by atoms with E-state index in [0.717, 1.165) is 32.2 Å². The van der Waals surface area contributed by atoms with Crippen molar-refractivity contribution in [2.75, 3.05) is 20.6 Å². The van der Waals surface area contributed by atoms with E-state index in [1.807, 2.05) is 0 Å². The van der Waals surface area contributed by atoms with Crippen molar-refractivity contribution in [1.29, 1.82) is 0 Å². The van der Waals surface area contributed by atoms with Crippen molar-refractivity contribution < 1.29 is 0 Å². The molecule has 0 aliphatic rings. The van der Waals surface area contributed by atoms with E-state index >= 15 is 0 Å². The molecule has 0 rings (SSSR count). The molecule has 0 heterocycles. The number of rotatable bonds is 8. The van der Waals surface area contributed by atoms with Gasteiger partial charge in [0.05, 0.1) is 0 Å². The Morgan fingerprint density at radius 1 is 1.25 bits per heavy atom. The minimum atomic E-state index is 0.229. The Balaban J connectivity index is 4.85. The molecule has 0 spiro atoms. The summed E-state index contributed by atoms with van der Waals surface area (Å²) in [6, 6.07) is 0.485. The first-order chi connectivity index (χ1) is 7.58. The summed E-state index contributed by atoms with van der Waals surface area (Å²) in [4.78, 5) is 2.36. The Morgan fingerprint density at radius 3 is 2.12 bits per heavy atom. The molecule has 1 N–H and O–H groups in total. The fourth-order valence-corrected chi connectivity index (χ4v) is 2.72. The second kappa shape index (κ2) is 7.70. The van der Waals surface area contributed by atoms with Crippen LogP contribution in [0.5, 0.6) is 0 Å². The first-order valence-electron chi connectivity index (χ1n) is 6.43. The smallest absolute Gasteiger partial charge is 0.0351 e. The monoisotopic (exact) mass is 224 g/mol. The van der Waals surface area contributed by atoms with Gasteiger partial charge in [0, 0.05) is 18.0 Å². The number of nitrogens with zero attached hydrogens (tertiary/aromatic N) is 1. The third kappa shape index (κ3) is 3.50. The molecule has 0 aliphatic carbocycles. The highest BCUT2D eigenvalue weighted by Crippen LogP contribution is 2.28. The van der Waals surface area contributed by atoms with Crippen LogP contribution in [0.1, 0.15) is 46.5 Å². The molecule has 0 aromatic heterocycles. The van der Waals surface area contributed by atoms with Gasteiger partial charge in [-0.25, -0.2) is 0 Å². The molecule has 0 saturated heterocycles. The molecular weight excluding hydrogens is 196 g/mol. The summed E-state index contributed by atoms with van der Waals surface area (Å²) in [5, 5.41) is 3.60. The minimum absolute atomic E-state index is 0.229. The van der Waals surface area contributed by atoms with E-state index in [2.05, 4.69) is 51.0 Å². The van der Waals surface area contributed by atoms with Crippen LogP contribution in [0, 0.1) is 12.3 Å². The van der Waals surface area contributed by atoms with Crippen molar-refractivity contribution in [2.45, 2.75) is 58.0 Å². The first kappa shape index (κ1) is 15.5. The molecule has 2 nitrogen and oxygen atoms in total. The van der Waals surface area contributed by atoms with Gasteiger partial charge in [0.1, 0.15) is 0 Å². The number of hydrogen-bond acceptors (Lipinski definition) is 2. The summed E-state index contributed by atoms with van der Waals surface area (Å²) in [5.74, 6) is 2.76. The highest BCUT2D eigenvalue weighted by molar-refractivity contribution is 4.99. The van der Waals surface area contributed by atoms with Gasteiger partial charge in [-0.1, -0.05) is 20.8 Å². The van der Waals surface area contributed by atoms with E-state index in [-0.39, 0.29) is 5.54 Å². The van der Waals surface area contributed by atoms with Gasteiger partial charge in [-0.15, -0.1) is 12.3 Å². The summed E-state index contributed by atoms with van der Waals surface area (Å²) < 4.78 is 0. The molecule has 0 radical (unpaired) electrons. The van der Waals surface area contributed by atoms with Crippen LogP contribution in [0.3, 0.4) is 0 Å². The molecular formula is C14H28N2. The van der Waals surface area contributed by atoms with E-state index in [9.17, 15) is 0 Å². The summed E-state index contributed by atoms with van der Waals surface area (Å²) >= 11 is 0. The van der Waals surface area contributed by atoms with Crippen molar-refractivity contribution in [1.82, 2.24) is 10.2 Å². The van der Waals surface area contributed by atoms with E-state index in [1.165, 1.54) is 0 Å². The van der Waals surface area contributed by atoms with Crippen LogP contribution >= 0.6 is 0 Å². The van der Waals surface area contributed by atoms with Crippen LogP contribution in [-0.2, 0) is 0 Å². The van der Waals surface area contributed by atoms with Gasteiger partial charge in [-0.2, -0.15) is 0 Å². The Bertz CT molecular complexity index is 211. The van der Waals surface area contributed by atoms with Crippen LogP contribution in [0.2, 0.25) is 0 Å². The Hall–Kier alpha value is -0.520. The quantitative estimate of drug-likeness (QED) is 0.637. The maximum absolute atomic E-state index is 5.38. The van der Waals surface area contributed by atoms with Gasteiger partial charge in [0.2, 0.25) is 0 Å². The van der Waals surface area contributed by atoms with Crippen molar-refractivity contribution in [2.24, 2.45) is 0 Å². The average Bonchev–Trinajstić information content (AvgIpc) is 2.27. The standard InChI is InChI=1S/C14H28N2/c1-7-11-12-13(15-10-4)14(8-2,9-3)16(5)6/h1,13,15H,8-12H2,2-6H3. The SMILES string of the molecule is C#CCCC(NCC)C(CC)(CC)N(C)C. The van der Waals surface area contributed by atoms with Crippen LogP contribution in [0.15, 0.2) is 0 Å². The summed E-state index contributed by atoms with van der Waals surface area (Å²) in [6.07, 6.45) is 9.60. The molecule has 0 aromatic carbocycles. The zero-order chi connectivity index (χ0) is 12.6. The van der Waals surface area contributed by atoms with Gasteiger partial charge in [-0.05, 0) is 39.9 Å². The molecule has 1 atom stereocenters. The topological polar surface area (TPSA) is 15.3 Å². The van der Waals surface area contributed by atoms with E-state index in [0.29, 0.717) is 6.04 Å². The van der Waals surface area contributed by atoms with Crippen LogP contribution in [-0.4, -0.2) is 37.1 Å². The van der Waals surface area contributed by atoms with Crippen LogP contribution in [0.4, 0.5) is 0 Å². The number of likely N-dealkylation sites (N-methyl/N-ethyl adjacent to an activating group) is 2. The fraction of sp³-hybridized carbons (Fsp3) is 0.857. The predicted octanol–water partition coefficient (Wildman–Crippen LogP) is 2.50. The number of hydrogen-bond donors (Lipinski definition) is 1. The molecule has 16 heavy (non-hydrogen) atoms. The zero-order valence-electron chi connectivity index (χ0n) is 11.6. The Morgan fingerprint density at radius 2 is 1.81 bits per heavy atom. The lowest BCUT2D eigenvalue weighted by Crippen LogP contribution is -2.58. The van der Waals surface area contributed by atoms with E-state index in [1.54, 1.807) is 0 Å². The normalized spacial score (nSPS) is 13.8. The molecule has 1 unspecified atom stereocenters. The highest BCUT2D eigenvalue weighted by atomic mass is 15.2. The molecule has 94 valence electrons. The molecule has 0 saturated carbocycles. The summed E-state index contributed by atoms with van der Waals surface area (Å²) in [6.45, 7) is 7.70. The first-order valence-corrected chi connectivity index (χ1v) is 6.43. The van der Waals surface area contributed by atoms with Gasteiger partial charge < -0.3 is 10.2 Å². The molecule has 0 fully saturated rings. The van der Waals surface area contributed by atoms with Crippen molar-refractivity contribution >= 4 is 0 Å². The molecule has 0 bridgehead atoms. The second-order valence-corrected chi connectivity index (χ2v) is 4.56. The van der Waals surface area contributed by atoms with Gasteiger partial charge in [0.25, 0.3) is 0 Å². The van der Waals surface area contributed by atoms with Crippen LogP contribution < -0.4 is 5.32 Å². The zero-order valence-corrected chi connectivity index (χ0v) is 11.6. The molecule has 0 amide bonds. The minimum Gasteiger partial charge on any atom is -0.312 e. The molecule has 2 heteroatoms. The third-order valence-corrected chi connectivity index (χ3v) is 3.79. The molecule has 0 aliphatic heterocycles. The lowest BCUT2D eigenvalue weighted by atomic mass is 9.81. The average molecular weight is 224 g/mol. The predicted molar refractivity (Wildman–Crippen MR) is 72.5 cm³/mol. The van der Waals surface area contributed by atoms with E-state index < -0.39 is 0 Å². The highest BCUT2D eigenvalue weighted by Gasteiger charge is 2.36. The summed E-state index contributed by atoms with van der Waals surface area (Å²) in [5.41, 5.74) is 0.229. The van der Waals surface area contributed by atoms with Gasteiger partial charge >= 0.3 is 0 Å². The Labute approximate surface area is 102 Å². The van der Waals surface area contributed by atoms with E-state index in [4.69, 9.17) is 6.42 Å². The second-order valence-electron chi connectivity index (χ2n) is 4.56.